The molecule has 124 valence electrons. The van der Waals surface area contributed by atoms with Crippen LogP contribution in [-0.4, -0.2) is 40.5 Å². The summed E-state index contributed by atoms with van der Waals surface area (Å²) in [6.07, 6.45) is 9.05. The fourth-order valence-corrected chi connectivity index (χ4v) is 3.72. The Bertz CT molecular complexity index is 643. The molecule has 0 spiro atoms. The molecule has 2 aromatic rings. The van der Waals surface area contributed by atoms with E-state index in [4.69, 9.17) is 14.5 Å². The van der Waals surface area contributed by atoms with Gasteiger partial charge in [0.1, 0.15) is 11.3 Å². The first-order valence-electron chi connectivity index (χ1n) is 8.89. The summed E-state index contributed by atoms with van der Waals surface area (Å²) in [7, 11) is 0. The van der Waals surface area contributed by atoms with Crippen LogP contribution in [0.3, 0.4) is 0 Å². The fourth-order valence-electron chi connectivity index (χ4n) is 3.72. The average Bonchev–Trinajstić information content (AvgIpc) is 2.94. The van der Waals surface area contributed by atoms with Crippen molar-refractivity contribution in [3.8, 4) is 0 Å². The van der Waals surface area contributed by atoms with E-state index in [9.17, 15) is 0 Å². The number of ether oxygens (including phenoxy) is 2. The first kappa shape index (κ1) is 15.1. The summed E-state index contributed by atoms with van der Waals surface area (Å²) in [4.78, 5) is 9.46. The van der Waals surface area contributed by atoms with E-state index in [-0.39, 0.29) is 0 Å². The van der Waals surface area contributed by atoms with Crippen LogP contribution in [0.15, 0.2) is 18.3 Å². The van der Waals surface area contributed by atoms with Crippen LogP contribution in [0.25, 0.3) is 11.2 Å². The fraction of sp³-hybridized carbons (Fsp3) is 0.667. The molecule has 0 bridgehead atoms. The van der Waals surface area contributed by atoms with Gasteiger partial charge in [0.15, 0.2) is 5.65 Å². The Balaban J connectivity index is 1.60. The monoisotopic (exact) mass is 315 g/mol. The Morgan fingerprint density at radius 2 is 2.04 bits per heavy atom. The van der Waals surface area contributed by atoms with E-state index in [1.54, 1.807) is 0 Å². The van der Waals surface area contributed by atoms with Gasteiger partial charge in [0.2, 0.25) is 0 Å². The van der Waals surface area contributed by atoms with Crippen LogP contribution in [0, 0.1) is 5.92 Å². The van der Waals surface area contributed by atoms with Gasteiger partial charge >= 0.3 is 0 Å². The molecule has 0 aromatic carbocycles. The molecule has 5 nitrogen and oxygen atoms in total. The average molecular weight is 315 g/mol. The summed E-state index contributed by atoms with van der Waals surface area (Å²) in [5.41, 5.74) is 2.01. The molecule has 2 fully saturated rings. The second-order valence-electron chi connectivity index (χ2n) is 6.73. The van der Waals surface area contributed by atoms with Gasteiger partial charge in [-0.15, -0.1) is 0 Å². The van der Waals surface area contributed by atoms with Crippen LogP contribution < -0.4 is 0 Å². The molecule has 5 heteroatoms. The number of fused-ring (bicyclic) bond motifs is 1. The molecular weight excluding hydrogens is 290 g/mol. The normalized spacial score (nSPS) is 23.4. The SMILES string of the molecule is c1cnc2c(c1)nc(CC1CCOCC1)n2CC1CCCCO1. The molecule has 0 radical (unpaired) electrons. The van der Waals surface area contributed by atoms with Gasteiger partial charge in [-0.2, -0.15) is 0 Å². The van der Waals surface area contributed by atoms with Crippen LogP contribution in [0.4, 0.5) is 0 Å². The van der Waals surface area contributed by atoms with E-state index in [1.165, 1.54) is 18.7 Å². The van der Waals surface area contributed by atoms with Gasteiger partial charge in [-0.05, 0) is 50.2 Å². The molecule has 2 aromatic heterocycles. The Morgan fingerprint density at radius 3 is 2.87 bits per heavy atom. The maximum atomic E-state index is 5.95. The summed E-state index contributed by atoms with van der Waals surface area (Å²) < 4.78 is 13.7. The van der Waals surface area contributed by atoms with Crippen molar-refractivity contribution < 1.29 is 9.47 Å². The van der Waals surface area contributed by atoms with E-state index in [2.05, 4.69) is 15.6 Å². The zero-order chi connectivity index (χ0) is 15.5. The molecule has 23 heavy (non-hydrogen) atoms. The third kappa shape index (κ3) is 3.40. The Hall–Kier alpha value is -1.46. The number of aromatic nitrogens is 3. The number of hydrogen-bond donors (Lipinski definition) is 0. The lowest BCUT2D eigenvalue weighted by molar-refractivity contribution is 0.00580. The Morgan fingerprint density at radius 1 is 1.13 bits per heavy atom. The maximum Gasteiger partial charge on any atom is 0.160 e. The van der Waals surface area contributed by atoms with E-state index in [0.717, 1.165) is 63.2 Å². The van der Waals surface area contributed by atoms with Crippen LogP contribution in [0.1, 0.15) is 37.9 Å². The van der Waals surface area contributed by atoms with Gasteiger partial charge in [-0.25, -0.2) is 9.97 Å². The molecule has 4 heterocycles. The van der Waals surface area contributed by atoms with Crippen molar-refractivity contribution in [3.63, 3.8) is 0 Å². The smallest absolute Gasteiger partial charge is 0.160 e. The van der Waals surface area contributed by atoms with E-state index in [1.807, 2.05) is 12.3 Å². The molecule has 1 atom stereocenters. The van der Waals surface area contributed by atoms with Crippen LogP contribution in [0.2, 0.25) is 0 Å². The predicted molar refractivity (Wildman–Crippen MR) is 88.4 cm³/mol. The third-order valence-electron chi connectivity index (χ3n) is 5.06. The highest BCUT2D eigenvalue weighted by atomic mass is 16.5. The lowest BCUT2D eigenvalue weighted by Crippen LogP contribution is -2.26. The van der Waals surface area contributed by atoms with Gasteiger partial charge in [0.25, 0.3) is 0 Å². The first-order chi connectivity index (χ1) is 11.4. The molecule has 4 rings (SSSR count). The number of rotatable bonds is 4. The minimum atomic E-state index is 0.302. The molecule has 2 aliphatic rings. The second-order valence-corrected chi connectivity index (χ2v) is 6.73. The molecule has 0 saturated carbocycles. The van der Waals surface area contributed by atoms with Crippen LogP contribution in [-0.2, 0) is 22.4 Å². The largest absolute Gasteiger partial charge is 0.381 e. The highest BCUT2D eigenvalue weighted by Gasteiger charge is 2.22. The molecule has 2 aliphatic heterocycles. The van der Waals surface area contributed by atoms with E-state index >= 15 is 0 Å². The molecule has 0 aliphatic carbocycles. The van der Waals surface area contributed by atoms with Gasteiger partial charge in [0, 0.05) is 32.4 Å². The molecule has 0 amide bonds. The summed E-state index contributed by atoms with van der Waals surface area (Å²) in [5, 5.41) is 0. The Labute approximate surface area is 137 Å². The zero-order valence-corrected chi connectivity index (χ0v) is 13.6. The van der Waals surface area contributed by atoms with Crippen molar-refractivity contribution in [3.05, 3.63) is 24.2 Å². The van der Waals surface area contributed by atoms with Crippen LogP contribution in [0.5, 0.6) is 0 Å². The quantitative estimate of drug-likeness (QED) is 0.870. The highest BCUT2D eigenvalue weighted by molar-refractivity contribution is 5.71. The molecule has 1 unspecified atom stereocenters. The van der Waals surface area contributed by atoms with Gasteiger partial charge < -0.3 is 14.0 Å². The summed E-state index contributed by atoms with van der Waals surface area (Å²) in [6.45, 7) is 3.54. The summed E-state index contributed by atoms with van der Waals surface area (Å²) in [5.74, 6) is 1.84. The topological polar surface area (TPSA) is 49.2 Å². The number of imidazole rings is 1. The lowest BCUT2D eigenvalue weighted by atomic mass is 9.96. The van der Waals surface area contributed by atoms with Gasteiger partial charge in [0.05, 0.1) is 12.6 Å². The lowest BCUT2D eigenvalue weighted by Gasteiger charge is -2.25. The van der Waals surface area contributed by atoms with Crippen molar-refractivity contribution in [1.82, 2.24) is 14.5 Å². The third-order valence-corrected chi connectivity index (χ3v) is 5.06. The maximum absolute atomic E-state index is 5.95. The minimum Gasteiger partial charge on any atom is -0.381 e. The van der Waals surface area contributed by atoms with E-state index in [0.29, 0.717) is 12.0 Å². The molecular formula is C18H25N3O2. The minimum absolute atomic E-state index is 0.302. The summed E-state index contributed by atoms with van der Waals surface area (Å²) in [6, 6.07) is 4.03. The zero-order valence-electron chi connectivity index (χ0n) is 13.6. The Kier molecular flexibility index (Phi) is 4.57. The van der Waals surface area contributed by atoms with Crippen LogP contribution >= 0.6 is 0 Å². The van der Waals surface area contributed by atoms with Gasteiger partial charge in [-0.3, -0.25) is 0 Å². The highest BCUT2D eigenvalue weighted by Crippen LogP contribution is 2.24. The van der Waals surface area contributed by atoms with E-state index < -0.39 is 0 Å². The first-order valence-corrected chi connectivity index (χ1v) is 8.89. The van der Waals surface area contributed by atoms with Crippen molar-refractivity contribution in [2.75, 3.05) is 19.8 Å². The molecule has 0 N–H and O–H groups in total. The number of pyridine rings is 1. The predicted octanol–water partition coefficient (Wildman–Crippen LogP) is 2.97. The standard InChI is InChI=1S/C18H25N3O2/c1-2-9-23-15(4-1)13-21-17(12-14-6-10-22-11-7-14)20-16-5-3-8-19-18(16)21/h3,5,8,14-15H,1-2,4,6-7,9-13H2. The van der Waals surface area contributed by atoms with Crippen molar-refractivity contribution in [2.24, 2.45) is 5.92 Å². The second kappa shape index (κ2) is 6.97. The summed E-state index contributed by atoms with van der Waals surface area (Å²) >= 11 is 0. The van der Waals surface area contributed by atoms with Crippen molar-refractivity contribution in [1.29, 1.82) is 0 Å². The number of hydrogen-bond acceptors (Lipinski definition) is 4. The molecule has 2 saturated heterocycles. The van der Waals surface area contributed by atoms with Gasteiger partial charge in [-0.1, -0.05) is 0 Å². The number of nitrogens with zero attached hydrogens (tertiary/aromatic N) is 3. The van der Waals surface area contributed by atoms with Crippen molar-refractivity contribution in [2.45, 2.75) is 51.2 Å². The van der Waals surface area contributed by atoms with Crippen molar-refractivity contribution >= 4 is 11.2 Å².